The van der Waals surface area contributed by atoms with Gasteiger partial charge in [-0.05, 0) is 24.7 Å². The van der Waals surface area contributed by atoms with Gasteiger partial charge in [-0.25, -0.2) is 0 Å². The zero-order valence-electron chi connectivity index (χ0n) is 8.01. The van der Waals surface area contributed by atoms with Gasteiger partial charge >= 0.3 is 0 Å². The van der Waals surface area contributed by atoms with Gasteiger partial charge in [0.05, 0.1) is 0 Å². The summed E-state index contributed by atoms with van der Waals surface area (Å²) < 4.78 is 2.61. The van der Waals surface area contributed by atoms with E-state index in [-0.39, 0.29) is 0 Å². The van der Waals surface area contributed by atoms with Crippen LogP contribution >= 0.6 is 23.6 Å². The number of nitrogens with zero attached hydrogens (tertiary/aromatic N) is 3. The van der Waals surface area contributed by atoms with E-state index in [1.807, 2.05) is 16.9 Å². The van der Waals surface area contributed by atoms with Crippen LogP contribution in [-0.4, -0.2) is 26.5 Å². The van der Waals surface area contributed by atoms with Crippen LogP contribution in [0.3, 0.4) is 0 Å². The Morgan fingerprint density at radius 1 is 1.60 bits per heavy atom. The van der Waals surface area contributed by atoms with Gasteiger partial charge in [-0.1, -0.05) is 11.3 Å². The third-order valence-corrected chi connectivity index (χ3v) is 2.88. The molecule has 2 heterocycles. The van der Waals surface area contributed by atoms with Gasteiger partial charge in [-0.2, -0.15) is 5.10 Å². The molecule has 0 amide bonds. The van der Waals surface area contributed by atoms with Gasteiger partial charge in [0.25, 0.3) is 0 Å². The maximum absolute atomic E-state index is 4.92. The van der Waals surface area contributed by atoms with Crippen LogP contribution in [0.5, 0.6) is 0 Å². The molecule has 0 saturated carbocycles. The summed E-state index contributed by atoms with van der Waals surface area (Å²) in [5.41, 5.74) is 0. The molecule has 0 aliphatic rings. The number of aromatic nitrogens is 4. The molecule has 0 spiro atoms. The highest BCUT2D eigenvalue weighted by molar-refractivity contribution is 7.73. The molecule has 15 heavy (non-hydrogen) atoms. The number of anilines is 1. The lowest BCUT2D eigenvalue weighted by atomic mass is 10.4. The van der Waals surface area contributed by atoms with Crippen LogP contribution in [0.25, 0.3) is 0 Å². The van der Waals surface area contributed by atoms with E-state index in [0.29, 0.717) is 3.95 Å². The van der Waals surface area contributed by atoms with Crippen molar-refractivity contribution in [3.63, 3.8) is 0 Å². The Kier molecular flexibility index (Phi) is 3.46. The maximum Gasteiger partial charge on any atom is 0.204 e. The Bertz CT molecular complexity index is 444. The quantitative estimate of drug-likeness (QED) is 0.620. The summed E-state index contributed by atoms with van der Waals surface area (Å²) in [6.45, 7) is 1.78. The molecular formula is C8H11N5S2. The number of aryl methyl sites for hydroxylation is 1. The van der Waals surface area contributed by atoms with E-state index in [2.05, 4.69) is 20.6 Å². The molecule has 0 radical (unpaired) electrons. The molecule has 0 saturated heterocycles. The van der Waals surface area contributed by atoms with Crippen molar-refractivity contribution < 1.29 is 0 Å². The molecule has 0 atom stereocenters. The molecule has 2 N–H and O–H groups in total. The lowest BCUT2D eigenvalue weighted by molar-refractivity contribution is 0.591. The number of hydrogen-bond donors (Lipinski definition) is 2. The fourth-order valence-electron chi connectivity index (χ4n) is 1.17. The molecule has 2 rings (SSSR count). The number of nitrogens with one attached hydrogen (secondary N) is 2. The largest absolute Gasteiger partial charge is 0.360 e. The van der Waals surface area contributed by atoms with Crippen LogP contribution in [0.15, 0.2) is 18.5 Å². The lowest BCUT2D eigenvalue weighted by Gasteiger charge is -2.02. The van der Waals surface area contributed by atoms with Crippen LogP contribution in [0, 0.1) is 3.95 Å². The summed E-state index contributed by atoms with van der Waals surface area (Å²) in [7, 11) is 0. The van der Waals surface area contributed by atoms with E-state index < -0.39 is 0 Å². The van der Waals surface area contributed by atoms with Crippen LogP contribution in [0.2, 0.25) is 0 Å². The van der Waals surface area contributed by atoms with Gasteiger partial charge in [0.1, 0.15) is 0 Å². The van der Waals surface area contributed by atoms with Gasteiger partial charge in [-0.3, -0.25) is 9.78 Å². The minimum absolute atomic E-state index is 0.699. The Labute approximate surface area is 96.1 Å². The van der Waals surface area contributed by atoms with Crippen LogP contribution < -0.4 is 5.32 Å². The zero-order chi connectivity index (χ0) is 10.5. The number of rotatable bonds is 5. The Balaban J connectivity index is 1.69. The van der Waals surface area contributed by atoms with Gasteiger partial charge in [-0.15, -0.1) is 5.10 Å². The topological polar surface area (TPSA) is 58.5 Å². The standard InChI is InChI=1S/C8H11N5S2/c14-8-12-11-7(15-8)9-3-1-5-13-6-2-4-10-13/h2,4,6H,1,3,5H2,(H,9,11)(H,12,14). The van der Waals surface area contributed by atoms with Crippen molar-refractivity contribution in [2.75, 3.05) is 11.9 Å². The van der Waals surface area contributed by atoms with E-state index in [1.54, 1.807) is 6.20 Å². The van der Waals surface area contributed by atoms with Crippen LogP contribution in [-0.2, 0) is 6.54 Å². The third kappa shape index (κ3) is 3.14. The summed E-state index contributed by atoms with van der Waals surface area (Å²) >= 11 is 6.37. The third-order valence-electron chi connectivity index (χ3n) is 1.84. The first-order valence-corrected chi connectivity index (χ1v) is 5.84. The SMILES string of the molecule is S=c1[nH]nc(NCCCn2cccn2)s1. The Morgan fingerprint density at radius 2 is 2.53 bits per heavy atom. The lowest BCUT2D eigenvalue weighted by Crippen LogP contribution is -2.06. The fourth-order valence-corrected chi connectivity index (χ4v) is 1.99. The first-order chi connectivity index (χ1) is 7.34. The van der Waals surface area contributed by atoms with Crippen molar-refractivity contribution in [3.8, 4) is 0 Å². The average molecular weight is 241 g/mol. The fraction of sp³-hybridized carbons (Fsp3) is 0.375. The molecule has 0 bridgehead atoms. The number of hydrogen-bond acceptors (Lipinski definition) is 5. The van der Waals surface area contributed by atoms with Crippen molar-refractivity contribution in [1.82, 2.24) is 20.0 Å². The number of aromatic amines is 1. The molecule has 7 heteroatoms. The molecule has 0 aliphatic heterocycles. The molecule has 0 aliphatic carbocycles. The summed E-state index contributed by atoms with van der Waals surface area (Å²) in [6.07, 6.45) is 4.75. The normalized spacial score (nSPS) is 10.4. The van der Waals surface area contributed by atoms with Crippen molar-refractivity contribution in [2.24, 2.45) is 0 Å². The van der Waals surface area contributed by atoms with Crippen molar-refractivity contribution in [2.45, 2.75) is 13.0 Å². The molecule has 0 unspecified atom stereocenters. The second kappa shape index (κ2) is 5.04. The monoisotopic (exact) mass is 241 g/mol. The molecule has 2 aromatic rings. The Morgan fingerprint density at radius 3 is 3.20 bits per heavy atom. The van der Waals surface area contributed by atoms with Gasteiger partial charge < -0.3 is 5.32 Å². The second-order valence-electron chi connectivity index (χ2n) is 2.97. The minimum atomic E-state index is 0.699. The van der Waals surface area contributed by atoms with Gasteiger partial charge in [0, 0.05) is 25.5 Å². The highest BCUT2D eigenvalue weighted by Gasteiger charge is 1.95. The van der Waals surface area contributed by atoms with E-state index >= 15 is 0 Å². The highest BCUT2D eigenvalue weighted by Crippen LogP contribution is 2.10. The summed E-state index contributed by atoms with van der Waals surface area (Å²) in [5.74, 6) is 0. The molecule has 0 fully saturated rings. The molecule has 5 nitrogen and oxygen atoms in total. The molecule has 2 aromatic heterocycles. The first kappa shape index (κ1) is 10.3. The second-order valence-corrected chi connectivity index (χ2v) is 4.63. The van der Waals surface area contributed by atoms with E-state index in [0.717, 1.165) is 24.6 Å². The highest BCUT2D eigenvalue weighted by atomic mass is 32.1. The maximum atomic E-state index is 4.92. The molecule has 80 valence electrons. The van der Waals surface area contributed by atoms with Crippen LogP contribution in [0.4, 0.5) is 5.13 Å². The predicted octanol–water partition coefficient (Wildman–Crippen LogP) is 1.90. The average Bonchev–Trinajstić information content (AvgIpc) is 2.84. The van der Waals surface area contributed by atoms with Crippen molar-refractivity contribution in [3.05, 3.63) is 22.4 Å². The smallest absolute Gasteiger partial charge is 0.204 e. The van der Waals surface area contributed by atoms with Crippen molar-refractivity contribution >= 4 is 28.7 Å². The van der Waals surface area contributed by atoms with Gasteiger partial charge in [0.2, 0.25) is 5.13 Å². The van der Waals surface area contributed by atoms with E-state index in [9.17, 15) is 0 Å². The predicted molar refractivity (Wildman–Crippen MR) is 62.6 cm³/mol. The summed E-state index contributed by atoms with van der Waals surface area (Å²) in [6, 6.07) is 1.92. The zero-order valence-corrected chi connectivity index (χ0v) is 9.64. The molecule has 0 aromatic carbocycles. The minimum Gasteiger partial charge on any atom is -0.360 e. The first-order valence-electron chi connectivity index (χ1n) is 4.61. The van der Waals surface area contributed by atoms with Crippen LogP contribution in [0.1, 0.15) is 6.42 Å². The van der Waals surface area contributed by atoms with Crippen molar-refractivity contribution in [1.29, 1.82) is 0 Å². The van der Waals surface area contributed by atoms with E-state index in [1.165, 1.54) is 11.3 Å². The number of H-pyrrole nitrogens is 1. The molecular weight excluding hydrogens is 230 g/mol. The van der Waals surface area contributed by atoms with Gasteiger partial charge in [0.15, 0.2) is 3.95 Å². The Hall–Kier alpha value is -1.21. The summed E-state index contributed by atoms with van der Waals surface area (Å²) in [5, 5.41) is 14.9. The summed E-state index contributed by atoms with van der Waals surface area (Å²) in [4.78, 5) is 0. The van der Waals surface area contributed by atoms with E-state index in [4.69, 9.17) is 12.2 Å².